The minimum Gasteiger partial charge on any atom is -0.346 e. The van der Waals surface area contributed by atoms with E-state index in [1.807, 2.05) is 56.3 Å². The molecule has 1 saturated heterocycles. The zero-order valence-corrected chi connectivity index (χ0v) is 22.3. The predicted octanol–water partition coefficient (Wildman–Crippen LogP) is 4.87. The van der Waals surface area contributed by atoms with Gasteiger partial charge in [-0.1, -0.05) is 0 Å². The molecule has 0 spiro atoms. The van der Waals surface area contributed by atoms with Gasteiger partial charge in [-0.2, -0.15) is 10.2 Å². The molecule has 1 aliphatic heterocycles. The van der Waals surface area contributed by atoms with Crippen molar-refractivity contribution in [2.75, 3.05) is 13.1 Å². The molecule has 4 heterocycles. The zero-order valence-electron chi connectivity index (χ0n) is 22.3. The van der Waals surface area contributed by atoms with E-state index in [1.54, 1.807) is 4.68 Å². The Morgan fingerprint density at radius 2 is 1.92 bits per heavy atom. The van der Waals surface area contributed by atoms with Crippen LogP contribution in [0.3, 0.4) is 0 Å². The first-order chi connectivity index (χ1) is 18.4. The molecule has 8 heteroatoms. The first-order valence-electron chi connectivity index (χ1n) is 13.2. The first-order valence-corrected chi connectivity index (χ1v) is 13.2. The Balaban J connectivity index is 1.33. The molecule has 0 radical (unpaired) electrons. The standard InChI is InChI=1S/C30H33N7O/c1-5-36-8-7-28(34-36)24-12-22(11-23(13-24)25-15-32-35(4)18-25)20(3)33-30(38)27-14-29-21(10-19(27)2)6-9-37(29)26-16-31-17-26/h6-15,18,20,26,31H,5,16-17H2,1-4H3,(H,33,38)/t20-/m1/s1. The number of amides is 1. The maximum atomic E-state index is 13.6. The average molecular weight is 508 g/mol. The van der Waals surface area contributed by atoms with Gasteiger partial charge in [-0.05, 0) is 85.3 Å². The van der Waals surface area contributed by atoms with E-state index in [1.165, 1.54) is 5.39 Å². The zero-order chi connectivity index (χ0) is 26.4. The van der Waals surface area contributed by atoms with Crippen LogP contribution in [0.2, 0.25) is 0 Å². The summed E-state index contributed by atoms with van der Waals surface area (Å²) in [7, 11) is 1.91. The Labute approximate surface area is 222 Å². The molecule has 2 N–H and O–H groups in total. The number of benzene rings is 2. The van der Waals surface area contributed by atoms with Crippen LogP contribution in [-0.2, 0) is 13.6 Å². The van der Waals surface area contributed by atoms with Crippen LogP contribution in [0.1, 0.15) is 47.4 Å². The maximum absolute atomic E-state index is 13.6. The third-order valence-electron chi connectivity index (χ3n) is 7.57. The summed E-state index contributed by atoms with van der Waals surface area (Å²) in [6.07, 6.45) is 7.99. The monoisotopic (exact) mass is 507 g/mol. The van der Waals surface area contributed by atoms with Gasteiger partial charge in [0.25, 0.3) is 5.91 Å². The van der Waals surface area contributed by atoms with Gasteiger partial charge in [-0.3, -0.25) is 14.2 Å². The fourth-order valence-electron chi connectivity index (χ4n) is 5.19. The number of nitrogens with zero attached hydrogens (tertiary/aromatic N) is 5. The van der Waals surface area contributed by atoms with Crippen LogP contribution < -0.4 is 10.6 Å². The van der Waals surface area contributed by atoms with Crippen LogP contribution in [0.5, 0.6) is 0 Å². The van der Waals surface area contributed by atoms with Crippen molar-refractivity contribution in [2.45, 2.75) is 39.4 Å². The molecule has 0 aliphatic carbocycles. The third kappa shape index (κ3) is 4.41. The summed E-state index contributed by atoms with van der Waals surface area (Å²) in [5, 5.41) is 16.8. The smallest absolute Gasteiger partial charge is 0.252 e. The van der Waals surface area contributed by atoms with Crippen LogP contribution in [0.25, 0.3) is 33.3 Å². The molecular formula is C30H33N7O. The molecule has 3 aromatic heterocycles. The lowest BCUT2D eigenvalue weighted by Crippen LogP contribution is -2.43. The van der Waals surface area contributed by atoms with Gasteiger partial charge in [0.2, 0.25) is 0 Å². The fourth-order valence-corrected chi connectivity index (χ4v) is 5.19. The number of hydrogen-bond acceptors (Lipinski definition) is 4. The highest BCUT2D eigenvalue weighted by Gasteiger charge is 2.22. The van der Waals surface area contributed by atoms with Gasteiger partial charge in [0.15, 0.2) is 0 Å². The van der Waals surface area contributed by atoms with E-state index in [0.29, 0.717) is 11.6 Å². The number of hydrogen-bond donors (Lipinski definition) is 2. The lowest BCUT2D eigenvalue weighted by atomic mass is 9.96. The SMILES string of the molecule is CCn1ccc(-c2cc(-c3cnn(C)c3)cc([C@@H](C)NC(=O)c3cc4c(ccn4C4CNC4)cc3C)c2)n1. The van der Waals surface area contributed by atoms with Crippen molar-refractivity contribution < 1.29 is 4.79 Å². The van der Waals surface area contributed by atoms with Gasteiger partial charge in [-0.25, -0.2) is 0 Å². The molecule has 1 fully saturated rings. The molecule has 6 rings (SSSR count). The van der Waals surface area contributed by atoms with Gasteiger partial charge >= 0.3 is 0 Å². The van der Waals surface area contributed by atoms with Crippen molar-refractivity contribution in [3.8, 4) is 22.4 Å². The molecule has 0 saturated carbocycles. The normalized spacial score (nSPS) is 14.5. The van der Waals surface area contributed by atoms with E-state index in [9.17, 15) is 4.79 Å². The first kappa shape index (κ1) is 24.2. The summed E-state index contributed by atoms with van der Waals surface area (Å²) in [4.78, 5) is 13.6. The van der Waals surface area contributed by atoms with Crippen molar-refractivity contribution in [1.82, 2.24) is 34.8 Å². The molecule has 1 aliphatic rings. The number of fused-ring (bicyclic) bond motifs is 1. The van der Waals surface area contributed by atoms with Crippen LogP contribution in [0.15, 0.2) is 67.3 Å². The fraction of sp³-hybridized carbons (Fsp3) is 0.300. The van der Waals surface area contributed by atoms with E-state index in [4.69, 9.17) is 5.10 Å². The summed E-state index contributed by atoms with van der Waals surface area (Å²) in [6.45, 7) is 8.85. The highest BCUT2D eigenvalue weighted by atomic mass is 16.1. The summed E-state index contributed by atoms with van der Waals surface area (Å²) < 4.78 is 6.00. The number of rotatable bonds is 7. The second kappa shape index (κ2) is 9.61. The molecule has 194 valence electrons. The van der Waals surface area contributed by atoms with Crippen molar-refractivity contribution in [2.24, 2.45) is 7.05 Å². The topological polar surface area (TPSA) is 81.7 Å². The predicted molar refractivity (Wildman–Crippen MR) is 150 cm³/mol. The summed E-state index contributed by atoms with van der Waals surface area (Å²) >= 11 is 0. The number of carbonyl (C=O) groups excluding carboxylic acids is 1. The lowest BCUT2D eigenvalue weighted by molar-refractivity contribution is 0.0939. The summed E-state index contributed by atoms with van der Waals surface area (Å²) in [5.41, 5.74) is 7.79. The van der Waals surface area contributed by atoms with E-state index in [-0.39, 0.29) is 11.9 Å². The second-order valence-electron chi connectivity index (χ2n) is 10.3. The van der Waals surface area contributed by atoms with E-state index < -0.39 is 0 Å². The van der Waals surface area contributed by atoms with Crippen molar-refractivity contribution in [1.29, 1.82) is 0 Å². The maximum Gasteiger partial charge on any atom is 0.252 e. The van der Waals surface area contributed by atoms with Crippen molar-refractivity contribution in [3.63, 3.8) is 0 Å². The van der Waals surface area contributed by atoms with E-state index in [2.05, 4.69) is 63.8 Å². The molecule has 0 unspecified atom stereocenters. The van der Waals surface area contributed by atoms with Crippen molar-refractivity contribution in [3.05, 3.63) is 83.9 Å². The largest absolute Gasteiger partial charge is 0.346 e. The minimum atomic E-state index is -0.205. The molecule has 0 bridgehead atoms. The van der Waals surface area contributed by atoms with Gasteiger partial charge in [0.05, 0.1) is 24.0 Å². The van der Waals surface area contributed by atoms with Gasteiger partial charge in [0, 0.05) is 67.5 Å². The summed E-state index contributed by atoms with van der Waals surface area (Å²) in [5.74, 6) is -0.0695. The van der Waals surface area contributed by atoms with Crippen LogP contribution in [0.4, 0.5) is 0 Å². The average Bonchev–Trinajstić information content (AvgIpc) is 3.62. The number of aryl methyl sites for hydroxylation is 3. The molecule has 1 amide bonds. The number of nitrogens with one attached hydrogen (secondary N) is 2. The Bertz CT molecular complexity index is 1640. The molecule has 2 aromatic carbocycles. The Kier molecular flexibility index (Phi) is 6.12. The van der Waals surface area contributed by atoms with Gasteiger partial charge in [0.1, 0.15) is 0 Å². The Hall–Kier alpha value is -4.17. The van der Waals surface area contributed by atoms with E-state index >= 15 is 0 Å². The van der Waals surface area contributed by atoms with Gasteiger partial charge < -0.3 is 15.2 Å². The highest BCUT2D eigenvalue weighted by Crippen LogP contribution is 2.31. The van der Waals surface area contributed by atoms with Crippen molar-refractivity contribution >= 4 is 16.8 Å². The quantitative estimate of drug-likeness (QED) is 0.329. The Morgan fingerprint density at radius 1 is 1.11 bits per heavy atom. The molecule has 1 atom stereocenters. The molecular weight excluding hydrogens is 474 g/mol. The Morgan fingerprint density at radius 3 is 2.61 bits per heavy atom. The minimum absolute atomic E-state index is 0.0695. The van der Waals surface area contributed by atoms with Crippen LogP contribution >= 0.6 is 0 Å². The lowest BCUT2D eigenvalue weighted by Gasteiger charge is -2.29. The van der Waals surface area contributed by atoms with Gasteiger partial charge in [-0.15, -0.1) is 0 Å². The van der Waals surface area contributed by atoms with Crippen LogP contribution in [-0.4, -0.2) is 43.1 Å². The molecule has 38 heavy (non-hydrogen) atoms. The second-order valence-corrected chi connectivity index (χ2v) is 10.3. The summed E-state index contributed by atoms with van der Waals surface area (Å²) in [6, 6.07) is 15.0. The van der Waals surface area contributed by atoms with Crippen LogP contribution in [0, 0.1) is 6.92 Å². The molecule has 5 aromatic rings. The number of carbonyl (C=O) groups is 1. The van der Waals surface area contributed by atoms with E-state index in [0.717, 1.165) is 58.7 Å². The highest BCUT2D eigenvalue weighted by molar-refractivity contribution is 6.00. The number of aromatic nitrogens is 5. The molecule has 8 nitrogen and oxygen atoms in total. The third-order valence-corrected chi connectivity index (χ3v) is 7.57.